The largest absolute Gasteiger partial charge is 0.398 e. The number of hydrogen-bond acceptors (Lipinski definition) is 1. The molecule has 0 saturated heterocycles. The Balaban J connectivity index is 0.000000720. The lowest BCUT2D eigenvalue weighted by atomic mass is 9.96. The summed E-state index contributed by atoms with van der Waals surface area (Å²) in [6, 6.07) is 6.09. The fourth-order valence-corrected chi connectivity index (χ4v) is 1.51. The van der Waals surface area contributed by atoms with Gasteiger partial charge in [-0.2, -0.15) is 0 Å². The van der Waals surface area contributed by atoms with E-state index in [0.717, 1.165) is 18.5 Å². The van der Waals surface area contributed by atoms with Crippen molar-refractivity contribution in [2.24, 2.45) is 0 Å². The SMILES string of the molecule is Cl.Cl.Nc1cccc2c1CCC=C2. The summed E-state index contributed by atoms with van der Waals surface area (Å²) in [5, 5.41) is 0. The Labute approximate surface area is 90.8 Å². The zero-order chi connectivity index (χ0) is 7.68. The van der Waals surface area contributed by atoms with Crippen molar-refractivity contribution >= 4 is 36.6 Å². The molecule has 13 heavy (non-hydrogen) atoms. The molecule has 0 heterocycles. The topological polar surface area (TPSA) is 26.0 Å². The van der Waals surface area contributed by atoms with E-state index in [1.165, 1.54) is 11.1 Å². The maximum absolute atomic E-state index is 5.81. The van der Waals surface area contributed by atoms with Crippen molar-refractivity contribution in [1.29, 1.82) is 0 Å². The molecule has 2 N–H and O–H groups in total. The predicted octanol–water partition coefficient (Wildman–Crippen LogP) is 3.07. The molecule has 0 radical (unpaired) electrons. The lowest BCUT2D eigenvalue weighted by molar-refractivity contribution is 0.989. The summed E-state index contributed by atoms with van der Waals surface area (Å²) in [6.07, 6.45) is 6.57. The summed E-state index contributed by atoms with van der Waals surface area (Å²) in [6.45, 7) is 0. The van der Waals surface area contributed by atoms with Crippen LogP contribution >= 0.6 is 24.8 Å². The Hall–Kier alpha value is -0.660. The molecule has 72 valence electrons. The van der Waals surface area contributed by atoms with Crippen molar-refractivity contribution in [3.05, 3.63) is 35.4 Å². The first-order valence-electron chi connectivity index (χ1n) is 3.92. The molecular formula is C10H13Cl2N. The van der Waals surface area contributed by atoms with Crippen molar-refractivity contribution in [2.45, 2.75) is 12.8 Å². The summed E-state index contributed by atoms with van der Waals surface area (Å²) >= 11 is 0. The zero-order valence-electron chi connectivity index (χ0n) is 7.19. The second-order valence-corrected chi connectivity index (χ2v) is 2.86. The number of nitrogens with two attached hydrogens (primary N) is 1. The highest BCUT2D eigenvalue weighted by Crippen LogP contribution is 2.23. The van der Waals surface area contributed by atoms with Gasteiger partial charge >= 0.3 is 0 Å². The molecule has 1 nitrogen and oxygen atoms in total. The predicted molar refractivity (Wildman–Crippen MR) is 62.7 cm³/mol. The summed E-state index contributed by atoms with van der Waals surface area (Å²) in [5.41, 5.74) is 9.35. The van der Waals surface area contributed by atoms with Gasteiger partial charge in [-0.15, -0.1) is 24.8 Å². The molecule has 2 rings (SSSR count). The van der Waals surface area contributed by atoms with E-state index >= 15 is 0 Å². The summed E-state index contributed by atoms with van der Waals surface area (Å²) in [7, 11) is 0. The first-order chi connectivity index (χ1) is 5.38. The molecule has 0 spiro atoms. The van der Waals surface area contributed by atoms with Gasteiger partial charge in [0.2, 0.25) is 0 Å². The minimum Gasteiger partial charge on any atom is -0.398 e. The average molecular weight is 218 g/mol. The fraction of sp³-hybridized carbons (Fsp3) is 0.200. The Kier molecular flexibility index (Phi) is 4.89. The van der Waals surface area contributed by atoms with Crippen molar-refractivity contribution in [3.63, 3.8) is 0 Å². The van der Waals surface area contributed by atoms with Gasteiger partial charge in [-0.1, -0.05) is 24.3 Å². The Morgan fingerprint density at radius 3 is 2.62 bits per heavy atom. The molecule has 1 aromatic rings. The molecule has 1 aliphatic rings. The van der Waals surface area contributed by atoms with Gasteiger partial charge in [0, 0.05) is 5.69 Å². The van der Waals surface area contributed by atoms with Crippen LogP contribution in [0.15, 0.2) is 24.3 Å². The average Bonchev–Trinajstić information content (AvgIpc) is 2.06. The Morgan fingerprint density at radius 2 is 1.92 bits per heavy atom. The number of benzene rings is 1. The molecular weight excluding hydrogens is 205 g/mol. The molecule has 0 bridgehead atoms. The van der Waals surface area contributed by atoms with Gasteiger partial charge in [0.15, 0.2) is 0 Å². The van der Waals surface area contributed by atoms with E-state index in [9.17, 15) is 0 Å². The highest BCUT2D eigenvalue weighted by molar-refractivity contribution is 5.85. The maximum Gasteiger partial charge on any atom is 0.0352 e. The van der Waals surface area contributed by atoms with Crippen LogP contribution in [0.4, 0.5) is 5.69 Å². The van der Waals surface area contributed by atoms with Gasteiger partial charge in [-0.25, -0.2) is 0 Å². The van der Waals surface area contributed by atoms with Crippen molar-refractivity contribution in [2.75, 3.05) is 5.73 Å². The molecule has 0 atom stereocenters. The van der Waals surface area contributed by atoms with Crippen molar-refractivity contribution < 1.29 is 0 Å². The zero-order valence-corrected chi connectivity index (χ0v) is 8.83. The first kappa shape index (κ1) is 12.3. The second kappa shape index (κ2) is 5.15. The van der Waals surface area contributed by atoms with Gasteiger partial charge in [-0.05, 0) is 30.0 Å². The third-order valence-corrected chi connectivity index (χ3v) is 2.11. The van der Waals surface area contributed by atoms with E-state index in [0.29, 0.717) is 0 Å². The number of fused-ring (bicyclic) bond motifs is 1. The lowest BCUT2D eigenvalue weighted by Gasteiger charge is -2.11. The van der Waals surface area contributed by atoms with Gasteiger partial charge in [0.05, 0.1) is 0 Å². The van der Waals surface area contributed by atoms with Crippen molar-refractivity contribution in [3.8, 4) is 0 Å². The standard InChI is InChI=1S/C10H11N.2ClH/c11-10-7-3-5-8-4-1-2-6-9(8)10;;/h1,3-5,7H,2,6,11H2;2*1H. The van der Waals surface area contributed by atoms with E-state index in [4.69, 9.17) is 5.73 Å². The monoisotopic (exact) mass is 217 g/mol. The van der Waals surface area contributed by atoms with Crippen LogP contribution in [0.25, 0.3) is 6.08 Å². The number of nitrogen functional groups attached to an aromatic ring is 1. The van der Waals surface area contributed by atoms with Crippen LogP contribution in [0.5, 0.6) is 0 Å². The van der Waals surface area contributed by atoms with Gasteiger partial charge in [0.25, 0.3) is 0 Å². The smallest absolute Gasteiger partial charge is 0.0352 e. The van der Waals surface area contributed by atoms with E-state index in [1.54, 1.807) is 0 Å². The minimum atomic E-state index is 0. The normalized spacial score (nSPS) is 12.3. The third-order valence-electron chi connectivity index (χ3n) is 2.11. The van der Waals surface area contributed by atoms with Gasteiger partial charge < -0.3 is 5.73 Å². The van der Waals surface area contributed by atoms with Crippen molar-refractivity contribution in [1.82, 2.24) is 0 Å². The maximum atomic E-state index is 5.81. The van der Waals surface area contributed by atoms with Crippen LogP contribution < -0.4 is 5.73 Å². The quantitative estimate of drug-likeness (QED) is 0.665. The number of hydrogen-bond donors (Lipinski definition) is 1. The van der Waals surface area contributed by atoms with Crippen LogP contribution in [-0.4, -0.2) is 0 Å². The lowest BCUT2D eigenvalue weighted by Crippen LogP contribution is -1.99. The Bertz CT molecular complexity index is 308. The van der Waals surface area contributed by atoms with E-state index in [1.807, 2.05) is 12.1 Å². The number of anilines is 1. The molecule has 0 fully saturated rings. The van der Waals surface area contributed by atoms with Crippen LogP contribution in [-0.2, 0) is 6.42 Å². The summed E-state index contributed by atoms with van der Waals surface area (Å²) in [5.74, 6) is 0. The van der Waals surface area contributed by atoms with Crippen LogP contribution in [0.2, 0.25) is 0 Å². The number of halogens is 2. The van der Waals surface area contributed by atoms with Crippen LogP contribution in [0.3, 0.4) is 0 Å². The minimum absolute atomic E-state index is 0. The molecule has 0 saturated carbocycles. The van der Waals surface area contributed by atoms with Gasteiger partial charge in [-0.3, -0.25) is 0 Å². The van der Waals surface area contributed by atoms with Crippen LogP contribution in [0, 0.1) is 0 Å². The van der Waals surface area contributed by atoms with Crippen LogP contribution in [0.1, 0.15) is 17.5 Å². The van der Waals surface area contributed by atoms with E-state index in [-0.39, 0.29) is 24.8 Å². The summed E-state index contributed by atoms with van der Waals surface area (Å²) in [4.78, 5) is 0. The highest BCUT2D eigenvalue weighted by atomic mass is 35.5. The molecule has 3 heteroatoms. The van der Waals surface area contributed by atoms with E-state index < -0.39 is 0 Å². The number of allylic oxidation sites excluding steroid dienone is 1. The molecule has 0 amide bonds. The molecule has 0 unspecified atom stereocenters. The van der Waals surface area contributed by atoms with E-state index in [2.05, 4.69) is 18.2 Å². The third kappa shape index (κ3) is 2.39. The highest BCUT2D eigenvalue weighted by Gasteiger charge is 2.05. The molecule has 1 aromatic carbocycles. The number of rotatable bonds is 0. The molecule has 0 aromatic heterocycles. The first-order valence-corrected chi connectivity index (χ1v) is 3.92. The second-order valence-electron chi connectivity index (χ2n) is 2.86. The fourth-order valence-electron chi connectivity index (χ4n) is 1.51. The molecule has 1 aliphatic carbocycles. The summed E-state index contributed by atoms with van der Waals surface area (Å²) < 4.78 is 0. The Morgan fingerprint density at radius 1 is 1.15 bits per heavy atom. The van der Waals surface area contributed by atoms with Gasteiger partial charge in [0.1, 0.15) is 0 Å². The molecule has 0 aliphatic heterocycles.